The fourth-order valence-corrected chi connectivity index (χ4v) is 5.04. The Morgan fingerprint density at radius 1 is 1.24 bits per heavy atom. The second-order valence-corrected chi connectivity index (χ2v) is 8.88. The van der Waals surface area contributed by atoms with E-state index in [1.54, 1.807) is 0 Å². The smallest absolute Gasteiger partial charge is 0.316 e. The number of carbonyl (C=O) groups is 1. The van der Waals surface area contributed by atoms with Gasteiger partial charge in [0.25, 0.3) is 0 Å². The van der Waals surface area contributed by atoms with Gasteiger partial charge in [-0.3, -0.25) is 9.36 Å². The van der Waals surface area contributed by atoms with E-state index in [0.717, 1.165) is 18.5 Å². The van der Waals surface area contributed by atoms with Crippen LogP contribution in [-0.4, -0.2) is 33.1 Å². The molecule has 3 aromatic rings. The molecule has 4 rings (SSSR count). The molecule has 0 aliphatic heterocycles. The van der Waals surface area contributed by atoms with Crippen molar-refractivity contribution in [3.8, 4) is 5.69 Å². The number of fused-ring (bicyclic) bond motifs is 1. The Hall–Kier alpha value is -1.86. The molecule has 0 saturated heterocycles. The highest BCUT2D eigenvalue weighted by Gasteiger charge is 2.28. The number of hydrogen-bond donors (Lipinski definition) is 0. The zero-order chi connectivity index (χ0) is 20.4. The molecular formula is C22H24BrN3O2S. The molecule has 29 heavy (non-hydrogen) atoms. The molecule has 2 aromatic carbocycles. The molecule has 1 fully saturated rings. The van der Waals surface area contributed by atoms with Crippen LogP contribution in [0.15, 0.2) is 40.2 Å². The van der Waals surface area contributed by atoms with Gasteiger partial charge in [-0.25, -0.2) is 0 Å². The van der Waals surface area contributed by atoms with E-state index in [-0.39, 0.29) is 11.7 Å². The monoisotopic (exact) mass is 473 g/mol. The molecule has 0 bridgehead atoms. The van der Waals surface area contributed by atoms with Gasteiger partial charge in [0, 0.05) is 5.39 Å². The molecule has 152 valence electrons. The van der Waals surface area contributed by atoms with Crippen LogP contribution in [0.2, 0.25) is 0 Å². The number of rotatable bonds is 8. The fourth-order valence-electron chi connectivity index (χ4n) is 3.76. The summed E-state index contributed by atoms with van der Waals surface area (Å²) >= 11 is 4.94. The Morgan fingerprint density at radius 2 is 2.00 bits per heavy atom. The van der Waals surface area contributed by atoms with Gasteiger partial charge in [-0.1, -0.05) is 55.4 Å². The predicted molar refractivity (Wildman–Crippen MR) is 120 cm³/mol. The summed E-state index contributed by atoms with van der Waals surface area (Å²) in [5.41, 5.74) is 3.86. The number of hydrogen-bond acceptors (Lipinski definition) is 5. The highest BCUT2D eigenvalue weighted by atomic mass is 79.9. The average molecular weight is 474 g/mol. The minimum absolute atomic E-state index is 0.209. The largest absolute Gasteiger partial charge is 0.465 e. The molecule has 0 amide bonds. The zero-order valence-corrected chi connectivity index (χ0v) is 19.1. The third-order valence-corrected chi connectivity index (χ3v) is 6.52. The minimum Gasteiger partial charge on any atom is -0.465 e. The van der Waals surface area contributed by atoms with Crippen LogP contribution in [0.4, 0.5) is 0 Å². The van der Waals surface area contributed by atoms with Crippen molar-refractivity contribution in [1.82, 2.24) is 14.8 Å². The summed E-state index contributed by atoms with van der Waals surface area (Å²) in [5, 5.41) is 11.8. The lowest BCUT2D eigenvalue weighted by Gasteiger charge is -2.19. The lowest BCUT2D eigenvalue weighted by Crippen LogP contribution is -2.09. The van der Waals surface area contributed by atoms with Crippen LogP contribution in [0.5, 0.6) is 0 Å². The van der Waals surface area contributed by atoms with Crippen LogP contribution >= 0.6 is 27.7 Å². The van der Waals surface area contributed by atoms with E-state index in [0.29, 0.717) is 22.4 Å². The molecule has 0 spiro atoms. The fraction of sp³-hybridized carbons (Fsp3) is 0.409. The van der Waals surface area contributed by atoms with Crippen molar-refractivity contribution >= 4 is 44.4 Å². The first-order chi connectivity index (χ1) is 14.1. The summed E-state index contributed by atoms with van der Waals surface area (Å²) in [6.07, 6.45) is 4.57. The maximum Gasteiger partial charge on any atom is 0.316 e. The van der Waals surface area contributed by atoms with E-state index in [4.69, 9.17) is 4.74 Å². The summed E-state index contributed by atoms with van der Waals surface area (Å²) in [6.45, 7) is 4.39. The number of esters is 1. The molecule has 1 saturated carbocycles. The number of ether oxygens (including phenoxy) is 1. The van der Waals surface area contributed by atoms with Crippen LogP contribution in [-0.2, 0) is 16.0 Å². The maximum absolute atomic E-state index is 11.9. The third kappa shape index (κ3) is 4.21. The SMILES string of the molecule is CCCc1cc(C2CC2)c2ccccc2c1-n1c(Br)nnc1SCC(=O)OCC. The van der Waals surface area contributed by atoms with E-state index in [1.807, 2.05) is 11.5 Å². The molecule has 7 heteroatoms. The first kappa shape index (κ1) is 20.4. The van der Waals surface area contributed by atoms with E-state index >= 15 is 0 Å². The van der Waals surface area contributed by atoms with E-state index in [9.17, 15) is 4.79 Å². The molecule has 0 unspecified atom stereocenters. The third-order valence-electron chi connectivity index (χ3n) is 5.11. The van der Waals surface area contributed by atoms with Gasteiger partial charge in [-0.15, -0.1) is 10.2 Å². The highest BCUT2D eigenvalue weighted by molar-refractivity contribution is 9.10. The number of aromatic nitrogens is 3. The summed E-state index contributed by atoms with van der Waals surface area (Å²) in [5.74, 6) is 0.637. The van der Waals surface area contributed by atoms with Gasteiger partial charge in [0.1, 0.15) is 0 Å². The normalized spacial score (nSPS) is 13.8. The van der Waals surface area contributed by atoms with Gasteiger partial charge in [0.15, 0.2) is 5.16 Å². The Morgan fingerprint density at radius 3 is 2.69 bits per heavy atom. The van der Waals surface area contributed by atoms with Crippen molar-refractivity contribution in [2.75, 3.05) is 12.4 Å². The Kier molecular flexibility index (Phi) is 6.25. The Balaban J connectivity index is 1.86. The summed E-state index contributed by atoms with van der Waals surface area (Å²) in [7, 11) is 0. The molecule has 1 aromatic heterocycles. The topological polar surface area (TPSA) is 57.0 Å². The highest BCUT2D eigenvalue weighted by Crippen LogP contribution is 2.46. The molecule has 0 radical (unpaired) electrons. The van der Waals surface area contributed by atoms with Crippen molar-refractivity contribution in [2.45, 2.75) is 50.6 Å². The molecule has 5 nitrogen and oxygen atoms in total. The molecule has 0 atom stereocenters. The van der Waals surface area contributed by atoms with Crippen LogP contribution in [0.1, 0.15) is 50.2 Å². The number of carbonyl (C=O) groups excluding carboxylic acids is 1. The number of nitrogens with zero attached hydrogens (tertiary/aromatic N) is 3. The van der Waals surface area contributed by atoms with Gasteiger partial charge >= 0.3 is 5.97 Å². The molecule has 0 N–H and O–H groups in total. The predicted octanol–water partition coefficient (Wildman–Crippen LogP) is 5.67. The number of thioether (sulfide) groups is 1. The standard InChI is InChI=1S/C22H24BrN3O2S/c1-3-7-15-12-18(14-10-11-14)16-8-5-6-9-17(16)20(15)26-21(23)24-25-22(26)29-13-19(27)28-4-2/h5-6,8-9,12,14H,3-4,7,10-11,13H2,1-2H3. The average Bonchev–Trinajstić information content (AvgIpc) is 3.50. The van der Waals surface area contributed by atoms with Crippen LogP contribution in [0.25, 0.3) is 16.5 Å². The number of halogens is 1. The maximum atomic E-state index is 11.9. The van der Waals surface area contributed by atoms with Crippen LogP contribution in [0, 0.1) is 0 Å². The van der Waals surface area contributed by atoms with Crippen molar-refractivity contribution in [3.05, 3.63) is 46.2 Å². The van der Waals surface area contributed by atoms with E-state index < -0.39 is 0 Å². The minimum atomic E-state index is -0.245. The van der Waals surface area contributed by atoms with Gasteiger partial charge in [-0.05, 0) is 64.5 Å². The van der Waals surface area contributed by atoms with Gasteiger partial charge < -0.3 is 4.74 Å². The molecule has 1 aliphatic carbocycles. The second kappa shape index (κ2) is 8.88. The molecular weight excluding hydrogens is 450 g/mol. The quantitative estimate of drug-likeness (QED) is 0.311. The van der Waals surface area contributed by atoms with E-state index in [1.165, 1.54) is 46.5 Å². The lowest BCUT2D eigenvalue weighted by atomic mass is 9.94. The van der Waals surface area contributed by atoms with Gasteiger partial charge in [0.05, 0.1) is 18.0 Å². The Bertz CT molecular complexity index is 1050. The number of aryl methyl sites for hydroxylation is 1. The summed E-state index contributed by atoms with van der Waals surface area (Å²) in [4.78, 5) is 11.9. The molecule has 1 heterocycles. The van der Waals surface area contributed by atoms with Crippen molar-refractivity contribution in [3.63, 3.8) is 0 Å². The van der Waals surface area contributed by atoms with Crippen molar-refractivity contribution in [1.29, 1.82) is 0 Å². The first-order valence-electron chi connectivity index (χ1n) is 10.1. The van der Waals surface area contributed by atoms with E-state index in [2.05, 4.69) is 63.4 Å². The Labute approximate surface area is 183 Å². The summed E-state index contributed by atoms with van der Waals surface area (Å²) < 4.78 is 7.75. The van der Waals surface area contributed by atoms with Crippen LogP contribution in [0.3, 0.4) is 0 Å². The van der Waals surface area contributed by atoms with Crippen LogP contribution < -0.4 is 0 Å². The number of benzene rings is 2. The summed E-state index contributed by atoms with van der Waals surface area (Å²) in [6, 6.07) is 11.0. The molecule has 1 aliphatic rings. The second-order valence-electron chi connectivity index (χ2n) is 7.22. The van der Waals surface area contributed by atoms with Crippen molar-refractivity contribution in [2.24, 2.45) is 0 Å². The first-order valence-corrected chi connectivity index (χ1v) is 11.9. The van der Waals surface area contributed by atoms with Gasteiger partial charge in [0.2, 0.25) is 4.73 Å². The lowest BCUT2D eigenvalue weighted by molar-refractivity contribution is -0.139. The zero-order valence-electron chi connectivity index (χ0n) is 16.7. The van der Waals surface area contributed by atoms with Crippen molar-refractivity contribution < 1.29 is 9.53 Å². The van der Waals surface area contributed by atoms with Gasteiger partial charge in [-0.2, -0.15) is 0 Å².